The summed E-state index contributed by atoms with van der Waals surface area (Å²) in [4.78, 5) is 32.0. The predicted molar refractivity (Wildman–Crippen MR) is 123 cm³/mol. The number of methoxy groups -OCH3 is 1. The number of hydrogen-bond donors (Lipinski definition) is 1. The average Bonchev–Trinajstić information content (AvgIpc) is 3.06. The van der Waals surface area contributed by atoms with Crippen molar-refractivity contribution in [3.05, 3.63) is 93.8 Å². The normalized spacial score (nSPS) is 17.6. The monoisotopic (exact) mass is 448 g/mol. The minimum atomic E-state index is -0.883. The largest absolute Gasteiger partial charge is 0.507 e. The summed E-state index contributed by atoms with van der Waals surface area (Å²) < 4.78 is 5.40. The maximum atomic E-state index is 13.3. The van der Waals surface area contributed by atoms with E-state index in [9.17, 15) is 14.7 Å². The van der Waals surface area contributed by atoms with Gasteiger partial charge in [-0.1, -0.05) is 35.4 Å². The van der Waals surface area contributed by atoms with Crippen molar-refractivity contribution in [2.24, 2.45) is 0 Å². The molecule has 1 aliphatic heterocycles. The number of anilines is 1. The molecule has 1 N–H and O–H groups in total. The molecule has 1 saturated heterocycles. The van der Waals surface area contributed by atoms with Gasteiger partial charge in [0.2, 0.25) is 0 Å². The van der Waals surface area contributed by atoms with Gasteiger partial charge in [-0.05, 0) is 55.3 Å². The van der Waals surface area contributed by atoms with E-state index in [0.29, 0.717) is 27.6 Å². The van der Waals surface area contributed by atoms with Crippen LogP contribution in [0.1, 0.15) is 28.3 Å². The molecule has 1 unspecified atom stereocenters. The lowest BCUT2D eigenvalue weighted by Crippen LogP contribution is -2.30. The van der Waals surface area contributed by atoms with Gasteiger partial charge in [0.15, 0.2) is 0 Å². The lowest BCUT2D eigenvalue weighted by molar-refractivity contribution is -0.132. The van der Waals surface area contributed by atoms with Crippen LogP contribution in [0.15, 0.2) is 66.5 Å². The van der Waals surface area contributed by atoms with E-state index in [-0.39, 0.29) is 11.3 Å². The van der Waals surface area contributed by atoms with Crippen LogP contribution in [-0.2, 0) is 9.59 Å². The highest BCUT2D eigenvalue weighted by Gasteiger charge is 2.47. The molecule has 0 radical (unpaired) electrons. The molecule has 1 amide bonds. The quantitative estimate of drug-likeness (QED) is 0.345. The van der Waals surface area contributed by atoms with E-state index in [1.165, 1.54) is 12.0 Å². The smallest absolute Gasteiger partial charge is 0.300 e. The van der Waals surface area contributed by atoms with Crippen molar-refractivity contribution in [1.29, 1.82) is 0 Å². The fraction of sp³-hybridized carbons (Fsp3) is 0.160. The van der Waals surface area contributed by atoms with E-state index < -0.39 is 17.7 Å². The number of aliphatic hydroxyl groups excluding tert-OH is 1. The number of carbonyl (C=O) groups is 2. The van der Waals surface area contributed by atoms with Crippen LogP contribution in [0.2, 0.25) is 5.02 Å². The van der Waals surface area contributed by atoms with E-state index in [4.69, 9.17) is 16.3 Å². The molecule has 162 valence electrons. The van der Waals surface area contributed by atoms with Crippen LogP contribution >= 0.6 is 11.6 Å². The SMILES string of the molecule is COc1ccc(C)cc1/C(O)=C1\C(=O)C(=O)N(c2cc(Cl)ccc2C)C1c1cccnc1. The van der Waals surface area contributed by atoms with Crippen LogP contribution in [0.3, 0.4) is 0 Å². The van der Waals surface area contributed by atoms with Crippen LogP contribution in [0.5, 0.6) is 5.75 Å². The highest BCUT2D eigenvalue weighted by Crippen LogP contribution is 2.44. The average molecular weight is 449 g/mol. The molecule has 2 aromatic carbocycles. The number of ether oxygens (including phenoxy) is 1. The Morgan fingerprint density at radius 3 is 2.59 bits per heavy atom. The number of aryl methyl sites for hydroxylation is 2. The number of ketones is 1. The molecular formula is C25H21ClN2O4. The summed E-state index contributed by atoms with van der Waals surface area (Å²) in [7, 11) is 1.48. The highest BCUT2D eigenvalue weighted by atomic mass is 35.5. The molecule has 0 bridgehead atoms. The first kappa shape index (κ1) is 21.6. The van der Waals surface area contributed by atoms with Gasteiger partial charge in [-0.3, -0.25) is 19.5 Å². The molecular weight excluding hydrogens is 428 g/mol. The molecule has 1 fully saturated rings. The Labute approximate surface area is 190 Å². The topological polar surface area (TPSA) is 79.7 Å². The van der Waals surface area contributed by atoms with Crippen molar-refractivity contribution in [2.75, 3.05) is 12.0 Å². The van der Waals surface area contributed by atoms with Crippen molar-refractivity contribution in [2.45, 2.75) is 19.9 Å². The molecule has 6 nitrogen and oxygen atoms in total. The number of nitrogens with zero attached hydrogens (tertiary/aromatic N) is 2. The zero-order chi connectivity index (χ0) is 23.0. The van der Waals surface area contributed by atoms with Gasteiger partial charge in [0.05, 0.1) is 24.3 Å². The van der Waals surface area contributed by atoms with Gasteiger partial charge < -0.3 is 9.84 Å². The van der Waals surface area contributed by atoms with Crippen LogP contribution in [0, 0.1) is 13.8 Å². The number of Topliss-reactive ketones (excluding diaryl/α,β-unsaturated/α-hetero) is 1. The summed E-state index contributed by atoms with van der Waals surface area (Å²) in [5, 5.41) is 11.7. The van der Waals surface area contributed by atoms with E-state index in [2.05, 4.69) is 4.98 Å². The summed E-state index contributed by atoms with van der Waals surface area (Å²) in [6.45, 7) is 3.69. The third-order valence-corrected chi connectivity index (χ3v) is 5.72. The molecule has 32 heavy (non-hydrogen) atoms. The van der Waals surface area contributed by atoms with Crippen LogP contribution in [-0.4, -0.2) is 28.9 Å². The van der Waals surface area contributed by atoms with Gasteiger partial charge in [0.25, 0.3) is 11.7 Å². The Bertz CT molecular complexity index is 1250. The first-order chi connectivity index (χ1) is 15.3. The van der Waals surface area contributed by atoms with Gasteiger partial charge in [-0.15, -0.1) is 0 Å². The molecule has 1 atom stereocenters. The Morgan fingerprint density at radius 1 is 1.12 bits per heavy atom. The summed E-state index contributed by atoms with van der Waals surface area (Å²) in [6.07, 6.45) is 3.17. The number of amides is 1. The maximum Gasteiger partial charge on any atom is 0.300 e. The van der Waals surface area contributed by atoms with E-state index >= 15 is 0 Å². The Morgan fingerprint density at radius 2 is 1.91 bits per heavy atom. The second kappa shape index (κ2) is 8.48. The zero-order valence-corrected chi connectivity index (χ0v) is 18.6. The summed E-state index contributed by atoms with van der Waals surface area (Å²) in [5.41, 5.74) is 3.00. The molecule has 2 heterocycles. The lowest BCUT2D eigenvalue weighted by atomic mass is 9.95. The molecule has 0 aliphatic carbocycles. The Hall–Kier alpha value is -3.64. The maximum absolute atomic E-state index is 13.3. The number of aromatic nitrogens is 1. The van der Waals surface area contributed by atoms with Gasteiger partial charge in [0.1, 0.15) is 11.5 Å². The number of benzene rings is 2. The first-order valence-electron chi connectivity index (χ1n) is 9.95. The van der Waals surface area contributed by atoms with Crippen molar-refractivity contribution in [3.63, 3.8) is 0 Å². The van der Waals surface area contributed by atoms with E-state index in [1.807, 2.05) is 19.9 Å². The van der Waals surface area contributed by atoms with Crippen LogP contribution < -0.4 is 9.64 Å². The first-order valence-corrected chi connectivity index (χ1v) is 10.3. The van der Waals surface area contributed by atoms with Gasteiger partial charge >= 0.3 is 0 Å². The molecule has 0 saturated carbocycles. The number of halogens is 1. The van der Waals surface area contributed by atoms with Crippen molar-refractivity contribution in [1.82, 2.24) is 4.98 Å². The third kappa shape index (κ3) is 3.63. The zero-order valence-electron chi connectivity index (χ0n) is 17.8. The third-order valence-electron chi connectivity index (χ3n) is 5.49. The fourth-order valence-corrected chi connectivity index (χ4v) is 4.09. The van der Waals surface area contributed by atoms with Gasteiger partial charge in [0, 0.05) is 23.1 Å². The van der Waals surface area contributed by atoms with Crippen molar-refractivity contribution < 1.29 is 19.4 Å². The summed E-state index contributed by atoms with van der Waals surface area (Å²) in [5.74, 6) is -1.46. The number of pyridine rings is 1. The second-order valence-corrected chi connectivity index (χ2v) is 8.03. The number of aliphatic hydroxyl groups is 1. The van der Waals surface area contributed by atoms with Gasteiger partial charge in [-0.2, -0.15) is 0 Å². The minimum Gasteiger partial charge on any atom is -0.507 e. The van der Waals surface area contributed by atoms with E-state index in [1.54, 1.807) is 54.9 Å². The standard InChI is InChI=1S/C25H21ClN2O4/c1-14-6-9-20(32-3)18(11-14)23(29)21-22(16-5-4-10-27-13-16)28(25(31)24(21)30)19-12-17(26)8-7-15(19)2/h4-13,22,29H,1-3H3/b23-21+. The minimum absolute atomic E-state index is 0.0359. The Kier molecular flexibility index (Phi) is 5.72. The van der Waals surface area contributed by atoms with Gasteiger partial charge in [-0.25, -0.2) is 0 Å². The second-order valence-electron chi connectivity index (χ2n) is 7.59. The Balaban J connectivity index is 2.01. The number of carbonyl (C=O) groups excluding carboxylic acids is 2. The summed E-state index contributed by atoms with van der Waals surface area (Å²) in [6, 6.07) is 13.0. The highest BCUT2D eigenvalue weighted by molar-refractivity contribution is 6.52. The number of hydrogen-bond acceptors (Lipinski definition) is 5. The number of rotatable bonds is 4. The van der Waals surface area contributed by atoms with E-state index in [0.717, 1.165) is 11.1 Å². The van der Waals surface area contributed by atoms with Crippen LogP contribution in [0.25, 0.3) is 5.76 Å². The van der Waals surface area contributed by atoms with Crippen molar-refractivity contribution >= 4 is 34.7 Å². The van der Waals surface area contributed by atoms with Crippen LogP contribution in [0.4, 0.5) is 5.69 Å². The molecule has 3 aromatic rings. The summed E-state index contributed by atoms with van der Waals surface area (Å²) >= 11 is 6.21. The van der Waals surface area contributed by atoms with Crippen molar-refractivity contribution in [3.8, 4) is 5.75 Å². The molecule has 0 spiro atoms. The molecule has 7 heteroatoms. The fourth-order valence-electron chi connectivity index (χ4n) is 3.93. The molecule has 1 aromatic heterocycles. The predicted octanol–water partition coefficient (Wildman–Crippen LogP) is 4.99. The molecule has 4 rings (SSSR count). The lowest BCUT2D eigenvalue weighted by Gasteiger charge is -2.26. The molecule has 1 aliphatic rings.